The van der Waals surface area contributed by atoms with E-state index < -0.39 is 40.6 Å². The summed E-state index contributed by atoms with van der Waals surface area (Å²) in [5.41, 5.74) is 0.960. The molecule has 0 spiro atoms. The molecule has 3 heterocycles. The Morgan fingerprint density at radius 2 is 1.76 bits per heavy atom. The minimum absolute atomic E-state index is 0.260. The number of benzene rings is 2. The number of nitrogens with one attached hydrogen (secondary N) is 4. The normalized spacial score (nSPS) is 22.1. The second-order valence-corrected chi connectivity index (χ2v) is 11.2. The third-order valence-corrected chi connectivity index (χ3v) is 8.06. The van der Waals surface area contributed by atoms with Gasteiger partial charge in [-0.25, -0.2) is 0 Å². The number of hydrogen-bond donors (Lipinski definition) is 4. The molecule has 0 radical (unpaired) electrons. The summed E-state index contributed by atoms with van der Waals surface area (Å²) in [4.78, 5) is 53.3. The van der Waals surface area contributed by atoms with Gasteiger partial charge < -0.3 is 20.9 Å². The zero-order chi connectivity index (χ0) is 26.9. The Hall–Kier alpha value is -4.26. The number of aromatic amines is 1. The number of amides is 4. The molecule has 38 heavy (non-hydrogen) atoms. The van der Waals surface area contributed by atoms with E-state index in [1.807, 2.05) is 13.8 Å². The highest BCUT2D eigenvalue weighted by atomic mass is 32.2. The highest BCUT2D eigenvalue weighted by Crippen LogP contribution is 2.56. The largest absolute Gasteiger partial charge is 0.343 e. The second-order valence-electron chi connectivity index (χ2n) is 9.48. The Morgan fingerprint density at radius 1 is 1.08 bits per heavy atom. The second kappa shape index (κ2) is 10.2. The van der Waals surface area contributed by atoms with Crippen LogP contribution in [0.3, 0.4) is 0 Å². The van der Waals surface area contributed by atoms with Gasteiger partial charge in [0.25, 0.3) is 5.91 Å². The van der Waals surface area contributed by atoms with Gasteiger partial charge >= 0.3 is 0 Å². The number of aromatic nitrogens is 4. The van der Waals surface area contributed by atoms with Gasteiger partial charge in [0.2, 0.25) is 17.7 Å². The number of fused-ring (bicyclic) bond motifs is 1. The fourth-order valence-corrected chi connectivity index (χ4v) is 6.33. The summed E-state index contributed by atoms with van der Waals surface area (Å²) in [6.45, 7) is 3.65. The molecule has 1 aromatic heterocycles. The molecule has 2 aliphatic rings. The van der Waals surface area contributed by atoms with Gasteiger partial charge in [0.15, 0.2) is 5.82 Å². The number of thioether (sulfide) groups is 1. The molecule has 2 fully saturated rings. The molecule has 3 unspecified atom stereocenters. The monoisotopic (exact) mass is 534 g/mol. The van der Waals surface area contributed by atoms with Crippen LogP contribution >= 0.6 is 11.8 Å². The molecule has 4 atom stereocenters. The number of rotatable bonds is 8. The maximum Gasteiger partial charge on any atom is 0.251 e. The molecule has 13 heteroatoms. The van der Waals surface area contributed by atoms with Crippen LogP contribution in [0, 0.1) is 0 Å². The Bertz CT molecular complexity index is 1340. The summed E-state index contributed by atoms with van der Waals surface area (Å²) >= 11 is 1.54. The molecule has 0 bridgehead atoms. The minimum Gasteiger partial charge on any atom is -0.343 e. The van der Waals surface area contributed by atoms with E-state index in [1.165, 1.54) is 0 Å². The van der Waals surface area contributed by atoms with Crippen molar-refractivity contribution in [2.75, 3.05) is 6.54 Å². The van der Waals surface area contributed by atoms with Gasteiger partial charge in [-0.15, -0.1) is 22.0 Å². The van der Waals surface area contributed by atoms with Crippen molar-refractivity contribution in [2.24, 2.45) is 0 Å². The molecule has 12 nitrogen and oxygen atoms in total. The van der Waals surface area contributed by atoms with Crippen molar-refractivity contribution in [3.63, 3.8) is 0 Å². The molecule has 4 amide bonds. The first kappa shape index (κ1) is 25.4. The molecule has 4 N–H and O–H groups in total. The average molecular weight is 535 g/mol. The summed E-state index contributed by atoms with van der Waals surface area (Å²) in [5, 5.41) is 21.9. The van der Waals surface area contributed by atoms with Crippen molar-refractivity contribution in [3.05, 3.63) is 77.6 Å². The van der Waals surface area contributed by atoms with Crippen LogP contribution in [-0.2, 0) is 14.4 Å². The van der Waals surface area contributed by atoms with Crippen LogP contribution in [0.2, 0.25) is 0 Å². The first-order valence-electron chi connectivity index (χ1n) is 12.0. The predicted octanol–water partition coefficient (Wildman–Crippen LogP) is 0.707. The van der Waals surface area contributed by atoms with Crippen molar-refractivity contribution in [1.82, 2.24) is 41.5 Å². The van der Waals surface area contributed by atoms with Gasteiger partial charge in [-0.2, -0.15) is 5.21 Å². The maximum absolute atomic E-state index is 13.4. The number of hydrogen-bond acceptors (Lipinski definition) is 8. The molecule has 2 aromatic carbocycles. The maximum atomic E-state index is 13.4. The van der Waals surface area contributed by atoms with Gasteiger partial charge in [0.1, 0.15) is 23.5 Å². The van der Waals surface area contributed by atoms with Crippen molar-refractivity contribution >= 4 is 35.4 Å². The summed E-state index contributed by atoms with van der Waals surface area (Å²) in [5.74, 6) is -1.33. The van der Waals surface area contributed by atoms with Crippen molar-refractivity contribution in [3.8, 4) is 0 Å². The molecule has 5 rings (SSSR count). The van der Waals surface area contributed by atoms with E-state index in [-0.39, 0.29) is 17.8 Å². The lowest BCUT2D eigenvalue weighted by molar-refractivity contribution is -0.152. The zero-order valence-corrected chi connectivity index (χ0v) is 21.4. The summed E-state index contributed by atoms with van der Waals surface area (Å²) in [7, 11) is 0. The van der Waals surface area contributed by atoms with E-state index in [0.29, 0.717) is 17.0 Å². The topological polar surface area (TPSA) is 162 Å². The van der Waals surface area contributed by atoms with Gasteiger partial charge in [0.05, 0.1) is 6.54 Å². The number of nitrogens with zero attached hydrogens (tertiary/aromatic N) is 4. The highest BCUT2D eigenvalue weighted by Gasteiger charge is 2.63. The number of H-pyrrole nitrogens is 1. The number of carbonyl (C=O) groups excluding carboxylic acids is 4. The SMILES string of the molecule is CC1(C)S[C@@H]2C(NC(=O)C(NC(=O)CNC(=O)c3ccccc3)c3ccccc3)C(=O)N2C1c1nn[nH]n1. The van der Waals surface area contributed by atoms with Crippen molar-refractivity contribution in [1.29, 1.82) is 0 Å². The smallest absolute Gasteiger partial charge is 0.251 e. The van der Waals surface area contributed by atoms with Gasteiger partial charge in [-0.3, -0.25) is 19.2 Å². The molecule has 2 aliphatic heterocycles. The van der Waals surface area contributed by atoms with Gasteiger partial charge in [-0.05, 0) is 31.5 Å². The van der Waals surface area contributed by atoms with E-state index in [4.69, 9.17) is 0 Å². The van der Waals surface area contributed by atoms with Crippen LogP contribution in [0.25, 0.3) is 0 Å². The molecule has 196 valence electrons. The van der Waals surface area contributed by atoms with Crippen LogP contribution in [-0.4, -0.2) is 71.9 Å². The van der Waals surface area contributed by atoms with Crippen LogP contribution in [0.15, 0.2) is 60.7 Å². The Morgan fingerprint density at radius 3 is 2.42 bits per heavy atom. The molecular formula is C25H26N8O4S. The highest BCUT2D eigenvalue weighted by molar-refractivity contribution is 8.01. The first-order valence-corrected chi connectivity index (χ1v) is 12.9. The fourth-order valence-electron chi connectivity index (χ4n) is 4.70. The quantitative estimate of drug-likeness (QED) is 0.307. The summed E-state index contributed by atoms with van der Waals surface area (Å²) < 4.78 is -0.409. The van der Waals surface area contributed by atoms with E-state index in [0.717, 1.165) is 0 Å². The van der Waals surface area contributed by atoms with Crippen LogP contribution in [0.4, 0.5) is 0 Å². The lowest BCUT2D eigenvalue weighted by Gasteiger charge is -2.44. The van der Waals surface area contributed by atoms with Crippen molar-refractivity contribution < 1.29 is 19.2 Å². The van der Waals surface area contributed by atoms with Crippen LogP contribution in [0.5, 0.6) is 0 Å². The Labute approximate surface area is 222 Å². The predicted molar refractivity (Wildman–Crippen MR) is 137 cm³/mol. The average Bonchev–Trinajstić information content (AvgIpc) is 3.54. The Balaban J connectivity index is 1.26. The summed E-state index contributed by atoms with van der Waals surface area (Å²) in [6, 6.07) is 15.0. The molecular weight excluding hydrogens is 508 g/mol. The standard InChI is InChI=1S/C25H26N8O4S/c1-25(2)19(20-29-31-32-30-20)33-23(37)18(24(33)38-25)28-22(36)17(14-9-5-3-6-10-14)27-16(34)13-26-21(35)15-11-7-4-8-12-15/h3-12,17-19,24H,13H2,1-2H3,(H,26,35)(H,27,34)(H,28,36)(H,29,30,31,32)/t17?,18?,19?,24-/m1/s1. The summed E-state index contributed by atoms with van der Waals surface area (Å²) in [6.07, 6.45) is 0. The van der Waals surface area contributed by atoms with E-state index >= 15 is 0 Å². The third-order valence-electron chi connectivity index (χ3n) is 6.49. The fraction of sp³-hybridized carbons (Fsp3) is 0.320. The Kier molecular flexibility index (Phi) is 6.85. The number of β-lactam (4-membered cyclic amide) rings is 1. The minimum atomic E-state index is -1.06. The molecule has 0 saturated carbocycles. The molecule has 3 aromatic rings. The van der Waals surface area contributed by atoms with Crippen LogP contribution < -0.4 is 16.0 Å². The van der Waals surface area contributed by atoms with E-state index in [2.05, 4.69) is 36.6 Å². The lowest BCUT2D eigenvalue weighted by Crippen LogP contribution is -2.68. The van der Waals surface area contributed by atoms with Crippen molar-refractivity contribution in [2.45, 2.75) is 42.1 Å². The lowest BCUT2D eigenvalue weighted by atomic mass is 9.95. The van der Waals surface area contributed by atoms with Crippen LogP contribution in [0.1, 0.15) is 47.7 Å². The first-order chi connectivity index (χ1) is 18.3. The molecule has 2 saturated heterocycles. The molecule has 0 aliphatic carbocycles. The third kappa shape index (κ3) is 4.84. The number of tetrazole rings is 1. The number of carbonyl (C=O) groups is 4. The van der Waals surface area contributed by atoms with Gasteiger partial charge in [0, 0.05) is 10.3 Å². The zero-order valence-electron chi connectivity index (χ0n) is 20.6. The van der Waals surface area contributed by atoms with E-state index in [9.17, 15) is 19.2 Å². The van der Waals surface area contributed by atoms with Gasteiger partial charge in [-0.1, -0.05) is 53.7 Å². The van der Waals surface area contributed by atoms with E-state index in [1.54, 1.807) is 77.3 Å².